The monoisotopic (exact) mass is 302 g/mol. The van der Waals surface area contributed by atoms with E-state index in [0.717, 1.165) is 22.3 Å². The van der Waals surface area contributed by atoms with Crippen molar-refractivity contribution in [3.8, 4) is 11.3 Å². The summed E-state index contributed by atoms with van der Waals surface area (Å²) in [7, 11) is 0. The average molecular weight is 302 g/mol. The fourth-order valence-corrected chi connectivity index (χ4v) is 2.69. The molecule has 5 heteroatoms. The summed E-state index contributed by atoms with van der Waals surface area (Å²) < 4.78 is 26.6. The topological polar surface area (TPSA) is 24.9 Å². The molecule has 0 unspecified atom stereocenters. The van der Waals surface area contributed by atoms with E-state index in [2.05, 4.69) is 10.3 Å². The van der Waals surface area contributed by atoms with Gasteiger partial charge in [0.25, 0.3) is 0 Å². The molecule has 0 fully saturated rings. The number of benzene rings is 2. The van der Waals surface area contributed by atoms with E-state index in [0.29, 0.717) is 6.54 Å². The van der Waals surface area contributed by atoms with Crippen molar-refractivity contribution in [1.82, 2.24) is 4.98 Å². The normalized spacial score (nSPS) is 10.6. The molecule has 3 rings (SSSR count). The largest absolute Gasteiger partial charge is 0.376 e. The Balaban J connectivity index is 1.72. The molecular formula is C16H12F2N2S. The number of nitrogens with zero attached hydrogens (tertiary/aromatic N) is 1. The molecular weight excluding hydrogens is 290 g/mol. The Hall–Kier alpha value is -2.27. The van der Waals surface area contributed by atoms with Crippen LogP contribution >= 0.6 is 11.3 Å². The number of anilines is 1. The van der Waals surface area contributed by atoms with Gasteiger partial charge in [0.05, 0.1) is 17.9 Å². The van der Waals surface area contributed by atoms with E-state index in [4.69, 9.17) is 0 Å². The summed E-state index contributed by atoms with van der Waals surface area (Å²) in [6.45, 7) is 0.359. The summed E-state index contributed by atoms with van der Waals surface area (Å²) in [5, 5.41) is 5.64. The van der Waals surface area contributed by atoms with Gasteiger partial charge in [-0.2, -0.15) is 0 Å². The predicted molar refractivity (Wildman–Crippen MR) is 81.2 cm³/mol. The molecule has 21 heavy (non-hydrogen) atoms. The first-order valence-electron chi connectivity index (χ1n) is 6.42. The zero-order valence-electron chi connectivity index (χ0n) is 11.0. The highest BCUT2D eigenvalue weighted by Gasteiger charge is 2.08. The van der Waals surface area contributed by atoms with Gasteiger partial charge in [-0.15, -0.1) is 11.3 Å². The van der Waals surface area contributed by atoms with Crippen molar-refractivity contribution in [2.24, 2.45) is 0 Å². The summed E-state index contributed by atoms with van der Waals surface area (Å²) >= 11 is 1.48. The molecule has 0 aliphatic rings. The van der Waals surface area contributed by atoms with E-state index in [1.807, 2.05) is 35.7 Å². The molecule has 0 atom stereocenters. The summed E-state index contributed by atoms with van der Waals surface area (Å²) in [4.78, 5) is 4.49. The Kier molecular flexibility index (Phi) is 3.92. The molecule has 0 spiro atoms. The smallest absolute Gasteiger partial charge is 0.181 e. The van der Waals surface area contributed by atoms with Gasteiger partial charge in [-0.25, -0.2) is 13.8 Å². The van der Waals surface area contributed by atoms with Crippen molar-refractivity contribution >= 4 is 17.0 Å². The van der Waals surface area contributed by atoms with Gasteiger partial charge in [0.15, 0.2) is 11.6 Å². The highest BCUT2D eigenvalue weighted by molar-refractivity contribution is 7.09. The SMILES string of the molecule is Fc1cccc(NCc2nc(-c3ccccc3)cs2)c1F. The lowest BCUT2D eigenvalue weighted by Gasteiger charge is -2.05. The van der Waals surface area contributed by atoms with E-state index in [9.17, 15) is 8.78 Å². The molecule has 0 bridgehead atoms. The zero-order valence-corrected chi connectivity index (χ0v) is 11.8. The number of hydrogen-bond donors (Lipinski definition) is 1. The maximum atomic E-state index is 13.5. The van der Waals surface area contributed by atoms with Crippen LogP contribution in [0.2, 0.25) is 0 Å². The lowest BCUT2D eigenvalue weighted by molar-refractivity contribution is 0.511. The molecule has 1 N–H and O–H groups in total. The Labute approximate surface area is 125 Å². The van der Waals surface area contributed by atoms with Gasteiger partial charge in [-0.05, 0) is 12.1 Å². The molecule has 2 aromatic carbocycles. The van der Waals surface area contributed by atoms with Gasteiger partial charge in [0, 0.05) is 10.9 Å². The van der Waals surface area contributed by atoms with Crippen LogP contribution in [0.25, 0.3) is 11.3 Å². The van der Waals surface area contributed by atoms with E-state index >= 15 is 0 Å². The first-order valence-corrected chi connectivity index (χ1v) is 7.30. The molecule has 0 amide bonds. The minimum atomic E-state index is -0.864. The Morgan fingerprint density at radius 3 is 2.62 bits per heavy atom. The lowest BCUT2D eigenvalue weighted by atomic mass is 10.2. The molecule has 106 valence electrons. The Morgan fingerprint density at radius 1 is 1.00 bits per heavy atom. The fraction of sp³-hybridized carbons (Fsp3) is 0.0625. The minimum absolute atomic E-state index is 0.145. The van der Waals surface area contributed by atoms with Gasteiger partial charge in [0.2, 0.25) is 0 Å². The molecule has 1 heterocycles. The van der Waals surface area contributed by atoms with Gasteiger partial charge in [-0.3, -0.25) is 0 Å². The molecule has 0 aliphatic carbocycles. The quantitative estimate of drug-likeness (QED) is 0.755. The number of halogens is 2. The second-order valence-corrected chi connectivity index (χ2v) is 5.39. The Bertz CT molecular complexity index is 741. The van der Waals surface area contributed by atoms with Crippen LogP contribution in [0.5, 0.6) is 0 Å². The number of hydrogen-bond acceptors (Lipinski definition) is 3. The van der Waals surface area contributed by atoms with Crippen LogP contribution in [-0.4, -0.2) is 4.98 Å². The molecule has 3 aromatic rings. The number of rotatable bonds is 4. The third kappa shape index (κ3) is 3.08. The summed E-state index contributed by atoms with van der Waals surface area (Å²) in [5.41, 5.74) is 2.07. The van der Waals surface area contributed by atoms with Crippen LogP contribution in [0, 0.1) is 11.6 Å². The molecule has 2 nitrogen and oxygen atoms in total. The molecule has 0 aliphatic heterocycles. The molecule has 1 aromatic heterocycles. The summed E-state index contributed by atoms with van der Waals surface area (Å²) in [6, 6.07) is 13.9. The third-order valence-corrected chi connectivity index (χ3v) is 3.85. The minimum Gasteiger partial charge on any atom is -0.376 e. The first kappa shape index (κ1) is 13.7. The molecule has 0 saturated carbocycles. The standard InChI is InChI=1S/C16H12F2N2S/c17-12-7-4-8-13(16(12)18)19-9-15-20-14(10-21-15)11-5-2-1-3-6-11/h1-8,10,19H,9H2. The Morgan fingerprint density at radius 2 is 1.81 bits per heavy atom. The fourth-order valence-electron chi connectivity index (χ4n) is 1.94. The van der Waals surface area contributed by atoms with Crippen LogP contribution in [-0.2, 0) is 6.54 Å². The van der Waals surface area contributed by atoms with Gasteiger partial charge >= 0.3 is 0 Å². The number of nitrogens with one attached hydrogen (secondary N) is 1. The van der Waals surface area contributed by atoms with Gasteiger partial charge in [0.1, 0.15) is 5.01 Å². The lowest BCUT2D eigenvalue weighted by Crippen LogP contribution is -2.02. The van der Waals surface area contributed by atoms with E-state index < -0.39 is 11.6 Å². The van der Waals surface area contributed by atoms with Crippen LogP contribution in [0.1, 0.15) is 5.01 Å². The van der Waals surface area contributed by atoms with Gasteiger partial charge in [-0.1, -0.05) is 36.4 Å². The van der Waals surface area contributed by atoms with Crippen molar-refractivity contribution in [1.29, 1.82) is 0 Å². The van der Waals surface area contributed by atoms with Gasteiger partial charge < -0.3 is 5.32 Å². The predicted octanol–water partition coefficient (Wildman–Crippen LogP) is 4.70. The maximum Gasteiger partial charge on any atom is 0.181 e. The average Bonchev–Trinajstić information content (AvgIpc) is 2.99. The second kappa shape index (κ2) is 6.01. The van der Waals surface area contributed by atoms with Crippen molar-refractivity contribution in [2.75, 3.05) is 5.32 Å². The van der Waals surface area contributed by atoms with Crippen molar-refractivity contribution in [3.05, 3.63) is 70.6 Å². The second-order valence-electron chi connectivity index (χ2n) is 4.45. The van der Waals surface area contributed by atoms with Crippen LogP contribution in [0.4, 0.5) is 14.5 Å². The van der Waals surface area contributed by atoms with E-state index in [1.165, 1.54) is 23.5 Å². The van der Waals surface area contributed by atoms with E-state index in [-0.39, 0.29) is 5.69 Å². The first-order chi connectivity index (χ1) is 10.2. The van der Waals surface area contributed by atoms with Crippen molar-refractivity contribution in [2.45, 2.75) is 6.54 Å². The third-order valence-electron chi connectivity index (χ3n) is 3.00. The summed E-state index contributed by atoms with van der Waals surface area (Å²) in [6.07, 6.45) is 0. The van der Waals surface area contributed by atoms with Crippen molar-refractivity contribution < 1.29 is 8.78 Å². The highest BCUT2D eigenvalue weighted by atomic mass is 32.1. The number of thiazole rings is 1. The molecule has 0 radical (unpaired) electrons. The van der Waals surface area contributed by atoms with Crippen LogP contribution in [0.15, 0.2) is 53.9 Å². The zero-order chi connectivity index (χ0) is 14.7. The van der Waals surface area contributed by atoms with E-state index in [1.54, 1.807) is 0 Å². The number of aromatic nitrogens is 1. The summed E-state index contributed by atoms with van der Waals surface area (Å²) in [5.74, 6) is -1.72. The molecule has 0 saturated heterocycles. The van der Waals surface area contributed by atoms with Crippen LogP contribution in [0.3, 0.4) is 0 Å². The maximum absolute atomic E-state index is 13.5. The highest BCUT2D eigenvalue weighted by Crippen LogP contribution is 2.23. The van der Waals surface area contributed by atoms with Crippen LogP contribution < -0.4 is 5.32 Å². The van der Waals surface area contributed by atoms with Crippen molar-refractivity contribution in [3.63, 3.8) is 0 Å².